The molecule has 4 aromatic rings. The molecule has 0 heterocycles. The lowest BCUT2D eigenvalue weighted by Gasteiger charge is -2.30. The molecule has 4 aromatic carbocycles. The molecule has 0 bridgehead atoms. The highest BCUT2D eigenvalue weighted by Gasteiger charge is 2.30. The topological polar surface area (TPSA) is 40.5 Å². The standard InChI is InChI=1S/C24H20O2/c1-2-14-7-8-17-12-21-22(13-18(17)9-14)24(26)20-11-16-6-4-3-5-15(16)10-19(20)23(21)25/h3-13,23-26H,2H2,1H3. The lowest BCUT2D eigenvalue weighted by molar-refractivity contribution is 0.174. The minimum absolute atomic E-state index is 0.719. The van der Waals surface area contributed by atoms with Crippen LogP contribution in [0, 0.1) is 0 Å². The third kappa shape index (κ3) is 2.20. The maximum atomic E-state index is 11.1. The van der Waals surface area contributed by atoms with E-state index < -0.39 is 12.2 Å². The number of benzene rings is 4. The second-order valence-electron chi connectivity index (χ2n) is 7.15. The van der Waals surface area contributed by atoms with E-state index in [-0.39, 0.29) is 0 Å². The predicted octanol–water partition coefficient (Wildman–Crippen LogP) is 5.03. The summed E-state index contributed by atoms with van der Waals surface area (Å²) in [5.41, 5.74) is 4.48. The Kier molecular flexibility index (Phi) is 3.39. The van der Waals surface area contributed by atoms with Gasteiger partial charge < -0.3 is 10.2 Å². The van der Waals surface area contributed by atoms with Gasteiger partial charge in [-0.3, -0.25) is 0 Å². The SMILES string of the molecule is CCc1ccc2cc3c(cc2c1)C(O)c1cc2ccccc2cc1C3O. The predicted molar refractivity (Wildman–Crippen MR) is 105 cm³/mol. The van der Waals surface area contributed by atoms with Crippen molar-refractivity contribution in [1.29, 1.82) is 0 Å². The molecule has 0 aliphatic heterocycles. The van der Waals surface area contributed by atoms with Gasteiger partial charge in [-0.05, 0) is 80.0 Å². The summed E-state index contributed by atoms with van der Waals surface area (Å²) in [4.78, 5) is 0. The smallest absolute Gasteiger partial charge is 0.105 e. The van der Waals surface area contributed by atoms with Crippen LogP contribution in [0.15, 0.2) is 66.7 Å². The Bertz CT molecular complexity index is 1160. The largest absolute Gasteiger partial charge is 0.384 e. The number of hydrogen-bond acceptors (Lipinski definition) is 2. The van der Waals surface area contributed by atoms with Crippen molar-refractivity contribution in [3.8, 4) is 0 Å². The Morgan fingerprint density at radius 1 is 0.615 bits per heavy atom. The van der Waals surface area contributed by atoms with E-state index in [0.29, 0.717) is 0 Å². The van der Waals surface area contributed by atoms with Crippen molar-refractivity contribution in [2.24, 2.45) is 0 Å². The summed E-state index contributed by atoms with van der Waals surface area (Å²) in [6.07, 6.45) is -0.460. The van der Waals surface area contributed by atoms with Crippen molar-refractivity contribution < 1.29 is 10.2 Å². The Balaban J connectivity index is 1.76. The molecule has 2 N–H and O–H groups in total. The third-order valence-electron chi connectivity index (χ3n) is 5.64. The van der Waals surface area contributed by atoms with Crippen molar-refractivity contribution >= 4 is 21.5 Å². The quantitative estimate of drug-likeness (QED) is 0.510. The first-order valence-corrected chi connectivity index (χ1v) is 9.11. The van der Waals surface area contributed by atoms with Crippen molar-refractivity contribution in [2.45, 2.75) is 25.6 Å². The molecule has 2 heteroatoms. The molecule has 0 spiro atoms. The first kappa shape index (κ1) is 15.6. The molecule has 1 aliphatic carbocycles. The minimum Gasteiger partial charge on any atom is -0.384 e. The van der Waals surface area contributed by atoms with Gasteiger partial charge in [0.1, 0.15) is 12.2 Å². The minimum atomic E-state index is -0.720. The van der Waals surface area contributed by atoms with Crippen LogP contribution < -0.4 is 0 Å². The number of aliphatic hydroxyl groups excluding tert-OH is 2. The molecule has 2 nitrogen and oxygen atoms in total. The van der Waals surface area contributed by atoms with Crippen molar-refractivity contribution in [2.75, 3.05) is 0 Å². The summed E-state index contributed by atoms with van der Waals surface area (Å²) < 4.78 is 0. The van der Waals surface area contributed by atoms with Crippen molar-refractivity contribution in [3.63, 3.8) is 0 Å². The van der Waals surface area contributed by atoms with Gasteiger partial charge in [0.05, 0.1) is 0 Å². The fourth-order valence-corrected chi connectivity index (χ4v) is 4.16. The number of rotatable bonds is 1. The van der Waals surface area contributed by atoms with Gasteiger partial charge in [0.15, 0.2) is 0 Å². The average molecular weight is 340 g/mol. The number of fused-ring (bicyclic) bond motifs is 4. The van der Waals surface area contributed by atoms with Gasteiger partial charge in [0.25, 0.3) is 0 Å². The maximum Gasteiger partial charge on any atom is 0.105 e. The Morgan fingerprint density at radius 3 is 1.58 bits per heavy atom. The average Bonchev–Trinajstić information content (AvgIpc) is 2.69. The lowest BCUT2D eigenvalue weighted by atomic mass is 9.79. The zero-order chi connectivity index (χ0) is 17.8. The highest BCUT2D eigenvalue weighted by molar-refractivity contribution is 5.88. The molecule has 0 saturated carbocycles. The van der Waals surface area contributed by atoms with Gasteiger partial charge in [-0.25, -0.2) is 0 Å². The molecule has 1 aliphatic rings. The molecular weight excluding hydrogens is 320 g/mol. The van der Waals surface area contributed by atoms with Gasteiger partial charge in [0, 0.05) is 0 Å². The molecule has 128 valence electrons. The van der Waals surface area contributed by atoms with Gasteiger partial charge in [-0.15, -0.1) is 0 Å². The van der Waals surface area contributed by atoms with Crippen LogP contribution in [0.4, 0.5) is 0 Å². The Hall–Kier alpha value is -2.68. The lowest BCUT2D eigenvalue weighted by Crippen LogP contribution is -2.18. The molecule has 0 amide bonds. The first-order chi connectivity index (χ1) is 12.7. The number of aryl methyl sites for hydroxylation is 1. The zero-order valence-corrected chi connectivity index (χ0v) is 14.6. The molecule has 2 unspecified atom stereocenters. The molecule has 0 radical (unpaired) electrons. The highest BCUT2D eigenvalue weighted by Crippen LogP contribution is 2.43. The van der Waals surface area contributed by atoms with E-state index in [9.17, 15) is 10.2 Å². The summed E-state index contributed by atoms with van der Waals surface area (Å²) in [7, 11) is 0. The van der Waals surface area contributed by atoms with Crippen molar-refractivity contribution in [3.05, 3.63) is 94.5 Å². The van der Waals surface area contributed by atoms with Crippen LogP contribution in [0.5, 0.6) is 0 Å². The fourth-order valence-electron chi connectivity index (χ4n) is 4.16. The van der Waals surface area contributed by atoms with E-state index in [1.807, 2.05) is 48.5 Å². The van der Waals surface area contributed by atoms with Crippen LogP contribution in [0.3, 0.4) is 0 Å². The Labute approximate surface area is 152 Å². The molecule has 2 atom stereocenters. The molecule has 5 rings (SSSR count). The van der Waals surface area contributed by atoms with Crippen LogP contribution in [0.2, 0.25) is 0 Å². The third-order valence-corrected chi connectivity index (χ3v) is 5.64. The zero-order valence-electron chi connectivity index (χ0n) is 14.6. The second-order valence-corrected chi connectivity index (χ2v) is 7.15. The monoisotopic (exact) mass is 340 g/mol. The summed E-state index contributed by atoms with van der Waals surface area (Å²) in [5.74, 6) is 0. The van der Waals surface area contributed by atoms with Gasteiger partial charge in [-0.1, -0.05) is 49.4 Å². The van der Waals surface area contributed by atoms with Crippen LogP contribution in [0.25, 0.3) is 21.5 Å². The normalized spacial score (nSPS) is 18.7. The summed E-state index contributed by atoms with van der Waals surface area (Å²) in [6.45, 7) is 2.14. The number of hydrogen-bond donors (Lipinski definition) is 2. The molecule has 26 heavy (non-hydrogen) atoms. The van der Waals surface area contributed by atoms with Crippen LogP contribution in [-0.4, -0.2) is 10.2 Å². The maximum absolute atomic E-state index is 11.1. The molecule has 0 fully saturated rings. The van der Waals surface area contributed by atoms with Gasteiger partial charge in [0.2, 0.25) is 0 Å². The van der Waals surface area contributed by atoms with Crippen LogP contribution in [-0.2, 0) is 6.42 Å². The first-order valence-electron chi connectivity index (χ1n) is 9.11. The molecular formula is C24H20O2. The molecule has 0 aromatic heterocycles. The summed E-state index contributed by atoms with van der Waals surface area (Å²) in [6, 6.07) is 22.5. The van der Waals surface area contributed by atoms with Gasteiger partial charge in [-0.2, -0.15) is 0 Å². The summed E-state index contributed by atoms with van der Waals surface area (Å²) in [5, 5.41) is 26.5. The summed E-state index contributed by atoms with van der Waals surface area (Å²) >= 11 is 0. The van der Waals surface area contributed by atoms with Crippen LogP contribution >= 0.6 is 0 Å². The van der Waals surface area contributed by atoms with E-state index in [0.717, 1.165) is 50.2 Å². The van der Waals surface area contributed by atoms with Crippen LogP contribution in [0.1, 0.15) is 46.9 Å². The van der Waals surface area contributed by atoms with E-state index in [1.165, 1.54) is 5.56 Å². The number of aliphatic hydroxyl groups is 2. The van der Waals surface area contributed by atoms with Gasteiger partial charge >= 0.3 is 0 Å². The molecule has 0 saturated heterocycles. The fraction of sp³-hybridized carbons (Fsp3) is 0.167. The second kappa shape index (κ2) is 5.66. The Morgan fingerprint density at radius 2 is 1.08 bits per heavy atom. The highest BCUT2D eigenvalue weighted by atomic mass is 16.3. The van der Waals surface area contributed by atoms with E-state index in [1.54, 1.807) is 0 Å². The van der Waals surface area contributed by atoms with Crippen molar-refractivity contribution in [1.82, 2.24) is 0 Å². The van der Waals surface area contributed by atoms with E-state index >= 15 is 0 Å². The van der Waals surface area contributed by atoms with E-state index in [2.05, 4.69) is 25.1 Å². The van der Waals surface area contributed by atoms with E-state index in [4.69, 9.17) is 0 Å².